The minimum absolute atomic E-state index is 0.150. The zero-order chi connectivity index (χ0) is 17.5. The summed E-state index contributed by atoms with van der Waals surface area (Å²) < 4.78 is 10.4. The first-order chi connectivity index (χ1) is 11.5. The molecule has 0 atom stereocenters. The van der Waals surface area contributed by atoms with Crippen molar-refractivity contribution in [3.05, 3.63) is 52.0 Å². The van der Waals surface area contributed by atoms with E-state index in [1.807, 2.05) is 24.3 Å². The summed E-state index contributed by atoms with van der Waals surface area (Å²) in [6.45, 7) is 0.711. The molecule has 128 valence electrons. The third-order valence-corrected chi connectivity index (χ3v) is 3.82. The van der Waals surface area contributed by atoms with Crippen molar-refractivity contribution < 1.29 is 14.3 Å². The van der Waals surface area contributed by atoms with E-state index >= 15 is 0 Å². The first-order valence-corrected chi connectivity index (χ1v) is 7.95. The molecule has 2 rings (SSSR count). The third-order valence-electron chi connectivity index (χ3n) is 3.28. The zero-order valence-corrected chi connectivity index (χ0v) is 14.9. The molecule has 2 N–H and O–H groups in total. The molecular weight excluding hydrogens is 351 g/mol. The van der Waals surface area contributed by atoms with E-state index in [-0.39, 0.29) is 12.5 Å². The molecule has 0 radical (unpaired) electrons. The van der Waals surface area contributed by atoms with Crippen LogP contribution in [0.25, 0.3) is 0 Å². The van der Waals surface area contributed by atoms with Crippen molar-refractivity contribution in [2.75, 3.05) is 26.1 Å². The monoisotopic (exact) mass is 368 g/mol. The van der Waals surface area contributed by atoms with Gasteiger partial charge in [-0.2, -0.15) is 0 Å². The molecule has 0 saturated heterocycles. The highest BCUT2D eigenvalue weighted by molar-refractivity contribution is 6.32. The van der Waals surface area contributed by atoms with Crippen molar-refractivity contribution in [3.8, 4) is 11.5 Å². The van der Waals surface area contributed by atoms with Crippen LogP contribution in [0.4, 0.5) is 5.69 Å². The quantitative estimate of drug-likeness (QED) is 0.781. The van der Waals surface area contributed by atoms with Gasteiger partial charge in [0.1, 0.15) is 11.5 Å². The zero-order valence-electron chi connectivity index (χ0n) is 13.4. The van der Waals surface area contributed by atoms with Crippen LogP contribution in [-0.2, 0) is 11.3 Å². The molecular formula is C17H18Cl2N2O3. The Hall–Kier alpha value is -1.95. The van der Waals surface area contributed by atoms with Gasteiger partial charge in [-0.25, -0.2) is 0 Å². The number of carbonyl (C=O) groups is 1. The summed E-state index contributed by atoms with van der Waals surface area (Å²) in [5, 5.41) is 6.93. The third kappa shape index (κ3) is 5.03. The van der Waals surface area contributed by atoms with Gasteiger partial charge in [0.25, 0.3) is 0 Å². The maximum atomic E-state index is 12.1. The van der Waals surface area contributed by atoms with Crippen LogP contribution in [0.1, 0.15) is 5.56 Å². The van der Waals surface area contributed by atoms with Gasteiger partial charge in [-0.3, -0.25) is 4.79 Å². The van der Waals surface area contributed by atoms with Crippen molar-refractivity contribution in [2.24, 2.45) is 0 Å². The lowest BCUT2D eigenvalue weighted by Gasteiger charge is -2.13. The van der Waals surface area contributed by atoms with E-state index in [4.69, 9.17) is 32.7 Å². The van der Waals surface area contributed by atoms with E-state index in [1.165, 1.54) is 14.2 Å². The van der Waals surface area contributed by atoms with Crippen molar-refractivity contribution in [3.63, 3.8) is 0 Å². The average molecular weight is 369 g/mol. The fourth-order valence-corrected chi connectivity index (χ4v) is 2.43. The second kappa shape index (κ2) is 8.78. The second-order valence-electron chi connectivity index (χ2n) is 4.97. The largest absolute Gasteiger partial charge is 0.495 e. The molecule has 0 bridgehead atoms. The number of anilines is 1. The van der Waals surface area contributed by atoms with Crippen LogP contribution in [-0.4, -0.2) is 26.7 Å². The Balaban J connectivity index is 1.93. The summed E-state index contributed by atoms with van der Waals surface area (Å²) in [4.78, 5) is 12.1. The van der Waals surface area contributed by atoms with Crippen molar-refractivity contribution in [2.45, 2.75) is 6.54 Å². The standard InChI is InChI=1S/C17H18Cl2N2O3/c1-23-15-8-14(16(24-2)7-13(15)19)21-17(22)10-20-9-11-3-5-12(18)6-4-11/h3-8,20H,9-10H2,1-2H3,(H,21,22). The van der Waals surface area contributed by atoms with E-state index in [0.29, 0.717) is 33.8 Å². The van der Waals surface area contributed by atoms with Crippen LogP contribution in [0.15, 0.2) is 36.4 Å². The van der Waals surface area contributed by atoms with Gasteiger partial charge in [0.05, 0.1) is 31.5 Å². The van der Waals surface area contributed by atoms with Gasteiger partial charge < -0.3 is 20.1 Å². The molecule has 2 aromatic rings. The van der Waals surface area contributed by atoms with E-state index in [2.05, 4.69) is 10.6 Å². The molecule has 0 unspecified atom stereocenters. The summed E-state index contributed by atoms with van der Waals surface area (Å²) >= 11 is 11.9. The molecule has 2 aromatic carbocycles. The van der Waals surface area contributed by atoms with Gasteiger partial charge in [-0.1, -0.05) is 35.3 Å². The smallest absolute Gasteiger partial charge is 0.238 e. The number of benzene rings is 2. The summed E-state index contributed by atoms with van der Waals surface area (Å²) in [5.74, 6) is 0.723. The van der Waals surface area contributed by atoms with Crippen LogP contribution >= 0.6 is 23.2 Å². The highest BCUT2D eigenvalue weighted by Gasteiger charge is 2.12. The Bertz CT molecular complexity index is 706. The van der Waals surface area contributed by atoms with Crippen LogP contribution in [0, 0.1) is 0 Å². The molecule has 0 fully saturated rings. The minimum Gasteiger partial charge on any atom is -0.495 e. The van der Waals surface area contributed by atoms with Crippen LogP contribution < -0.4 is 20.1 Å². The predicted octanol–water partition coefficient (Wildman–Crippen LogP) is 3.74. The Labute approximate surface area is 150 Å². The lowest BCUT2D eigenvalue weighted by molar-refractivity contribution is -0.115. The van der Waals surface area contributed by atoms with Crippen molar-refractivity contribution >= 4 is 34.8 Å². The molecule has 0 heterocycles. The van der Waals surface area contributed by atoms with Gasteiger partial charge in [-0.15, -0.1) is 0 Å². The van der Waals surface area contributed by atoms with Crippen molar-refractivity contribution in [1.29, 1.82) is 0 Å². The minimum atomic E-state index is -0.202. The lowest BCUT2D eigenvalue weighted by Crippen LogP contribution is -2.27. The number of halogens is 2. The van der Waals surface area contributed by atoms with Gasteiger partial charge >= 0.3 is 0 Å². The fourth-order valence-electron chi connectivity index (χ4n) is 2.08. The second-order valence-corrected chi connectivity index (χ2v) is 5.81. The number of rotatable bonds is 7. The molecule has 0 saturated carbocycles. The molecule has 0 aromatic heterocycles. The molecule has 5 nitrogen and oxygen atoms in total. The first-order valence-electron chi connectivity index (χ1n) is 7.20. The maximum absolute atomic E-state index is 12.1. The normalized spacial score (nSPS) is 10.3. The molecule has 1 amide bonds. The van der Waals surface area contributed by atoms with E-state index in [1.54, 1.807) is 12.1 Å². The molecule has 0 aliphatic rings. The Morgan fingerprint density at radius 3 is 2.33 bits per heavy atom. The molecule has 0 spiro atoms. The van der Waals surface area contributed by atoms with Gasteiger partial charge in [-0.05, 0) is 17.7 Å². The van der Waals surface area contributed by atoms with E-state index in [9.17, 15) is 4.79 Å². The number of hydrogen-bond donors (Lipinski definition) is 2. The first kappa shape index (κ1) is 18.4. The molecule has 0 aliphatic heterocycles. The van der Waals surface area contributed by atoms with E-state index < -0.39 is 0 Å². The number of ether oxygens (including phenoxy) is 2. The topological polar surface area (TPSA) is 59.6 Å². The van der Waals surface area contributed by atoms with E-state index in [0.717, 1.165) is 5.56 Å². The molecule has 0 aliphatic carbocycles. The number of methoxy groups -OCH3 is 2. The summed E-state index contributed by atoms with van der Waals surface area (Å²) in [7, 11) is 3.01. The summed E-state index contributed by atoms with van der Waals surface area (Å²) in [6, 6.07) is 10.6. The summed E-state index contributed by atoms with van der Waals surface area (Å²) in [6.07, 6.45) is 0. The van der Waals surface area contributed by atoms with Crippen LogP contribution in [0.3, 0.4) is 0 Å². The van der Waals surface area contributed by atoms with Gasteiger partial charge in [0.2, 0.25) is 5.91 Å². The lowest BCUT2D eigenvalue weighted by atomic mass is 10.2. The maximum Gasteiger partial charge on any atom is 0.238 e. The fraction of sp³-hybridized carbons (Fsp3) is 0.235. The highest BCUT2D eigenvalue weighted by atomic mass is 35.5. The highest BCUT2D eigenvalue weighted by Crippen LogP contribution is 2.35. The molecule has 24 heavy (non-hydrogen) atoms. The number of nitrogens with one attached hydrogen (secondary N) is 2. The predicted molar refractivity (Wildman–Crippen MR) is 96.3 cm³/mol. The Morgan fingerprint density at radius 1 is 1.04 bits per heavy atom. The number of amides is 1. The van der Waals surface area contributed by atoms with Crippen LogP contribution in [0.2, 0.25) is 10.0 Å². The van der Waals surface area contributed by atoms with Gasteiger partial charge in [0, 0.05) is 23.7 Å². The number of carbonyl (C=O) groups excluding carboxylic acids is 1. The molecule has 7 heteroatoms. The summed E-state index contributed by atoms with van der Waals surface area (Å²) in [5.41, 5.74) is 1.54. The Morgan fingerprint density at radius 2 is 1.71 bits per heavy atom. The van der Waals surface area contributed by atoms with Gasteiger partial charge in [0.15, 0.2) is 0 Å². The van der Waals surface area contributed by atoms with Crippen LogP contribution in [0.5, 0.6) is 11.5 Å². The van der Waals surface area contributed by atoms with Crippen molar-refractivity contribution in [1.82, 2.24) is 5.32 Å². The average Bonchev–Trinajstić information content (AvgIpc) is 2.57. The number of hydrogen-bond acceptors (Lipinski definition) is 4. The SMILES string of the molecule is COc1cc(NC(=O)CNCc2ccc(Cl)cc2)c(OC)cc1Cl. The Kier molecular flexibility index (Phi) is 6.73.